The molecule has 3 N–H and O–H groups in total. The number of benzene rings is 1. The van der Waals surface area contributed by atoms with Crippen molar-refractivity contribution in [1.29, 1.82) is 0 Å². The van der Waals surface area contributed by atoms with Crippen LogP contribution >= 0.6 is 0 Å². The maximum absolute atomic E-state index is 14.7. The predicted octanol–water partition coefficient (Wildman–Crippen LogP) is 3.65. The molecule has 0 radical (unpaired) electrons. The van der Waals surface area contributed by atoms with E-state index in [1.807, 2.05) is 25.9 Å². The fourth-order valence-corrected chi connectivity index (χ4v) is 9.52. The molecule has 3 aliphatic rings. The third-order valence-electron chi connectivity index (χ3n) is 13.1. The topological polar surface area (TPSA) is 214 Å². The summed E-state index contributed by atoms with van der Waals surface area (Å²) in [4.78, 5) is 84.7. The number of ether oxygens (including phenoxy) is 6. The number of phenolic OH excluding ortho intramolecular Hbond substituents is 1. The summed E-state index contributed by atoms with van der Waals surface area (Å²) >= 11 is 0. The first kappa shape index (κ1) is 48.7. The van der Waals surface area contributed by atoms with Gasteiger partial charge in [-0.25, -0.2) is 0 Å². The summed E-state index contributed by atoms with van der Waals surface area (Å²) in [6, 6.07) is 3.81. The first-order chi connectivity index (χ1) is 28.0. The monoisotopic (exact) mass is 846 g/mol. The average Bonchev–Trinajstić information content (AvgIpc) is 3.47. The van der Waals surface area contributed by atoms with Crippen molar-refractivity contribution in [2.45, 2.75) is 135 Å². The number of aliphatic hydroxyl groups is 1. The summed E-state index contributed by atoms with van der Waals surface area (Å²) in [5, 5.41) is 24.1. The van der Waals surface area contributed by atoms with E-state index in [0.29, 0.717) is 6.42 Å². The third kappa shape index (κ3) is 10.2. The number of nitrogens with one attached hydrogen (secondary N) is 1. The number of carbonyl (C=O) groups is 6. The maximum atomic E-state index is 14.7. The lowest BCUT2D eigenvalue weighted by Crippen LogP contribution is -2.59. The van der Waals surface area contributed by atoms with Crippen molar-refractivity contribution < 1.29 is 67.4 Å². The zero-order chi connectivity index (χ0) is 45.0. The van der Waals surface area contributed by atoms with Gasteiger partial charge in [-0.3, -0.25) is 28.8 Å². The highest BCUT2D eigenvalue weighted by Gasteiger charge is 2.61. The number of esters is 2. The van der Waals surface area contributed by atoms with E-state index in [1.165, 1.54) is 39.3 Å². The summed E-state index contributed by atoms with van der Waals surface area (Å²) in [7, 11) is 6.48. The second-order valence-electron chi connectivity index (χ2n) is 17.5. The molecule has 14 atom stereocenters. The molecule has 2 unspecified atom stereocenters. The first-order valence-corrected chi connectivity index (χ1v) is 20.9. The van der Waals surface area contributed by atoms with Crippen LogP contribution in [0.4, 0.5) is 0 Å². The Balaban J connectivity index is 1.66. The molecule has 16 nitrogen and oxygen atoms in total. The molecule has 0 aliphatic carbocycles. The lowest BCUT2D eigenvalue weighted by atomic mass is 9.67. The highest BCUT2D eigenvalue weighted by molar-refractivity contribution is 6.00. The second kappa shape index (κ2) is 19.8. The lowest BCUT2D eigenvalue weighted by molar-refractivity contribution is -0.295. The molecular formula is C44H66N2O14. The number of phenols is 1. The summed E-state index contributed by atoms with van der Waals surface area (Å²) in [6.07, 6.45) is -4.40. The van der Waals surface area contributed by atoms with Crippen molar-refractivity contribution in [3.05, 3.63) is 23.8 Å². The van der Waals surface area contributed by atoms with E-state index < -0.39 is 94.9 Å². The first-order valence-electron chi connectivity index (χ1n) is 20.9. The normalized spacial score (nSPS) is 36.8. The molecule has 3 aliphatic heterocycles. The molecular weight excluding hydrogens is 780 g/mol. The number of methoxy groups -OCH3 is 2. The van der Waals surface area contributed by atoms with E-state index in [1.54, 1.807) is 41.5 Å². The van der Waals surface area contributed by atoms with Crippen molar-refractivity contribution in [3.63, 3.8) is 0 Å². The number of hydrogen-bond acceptors (Lipinski definition) is 15. The van der Waals surface area contributed by atoms with Gasteiger partial charge in [-0.2, -0.15) is 0 Å². The summed E-state index contributed by atoms with van der Waals surface area (Å²) in [5.74, 6) is -9.17. The van der Waals surface area contributed by atoms with E-state index in [2.05, 4.69) is 5.32 Å². The third-order valence-corrected chi connectivity index (χ3v) is 13.1. The van der Waals surface area contributed by atoms with Crippen LogP contribution in [-0.2, 0) is 47.7 Å². The van der Waals surface area contributed by atoms with Crippen LogP contribution in [0, 0.1) is 35.5 Å². The second-order valence-corrected chi connectivity index (χ2v) is 17.5. The van der Waals surface area contributed by atoms with Gasteiger partial charge >= 0.3 is 11.9 Å². The van der Waals surface area contributed by atoms with Crippen LogP contribution in [0.25, 0.3) is 0 Å². The number of fused-ring (bicyclic) bond motifs is 1. The fourth-order valence-electron chi connectivity index (χ4n) is 9.52. The SMILES string of the molecule is CC[C@H]1OC(=O)[C@H](C)C(=O)C(C)[C@@H](O[C@@H]2O[C@H](C)C[C@H](N(C)C)[C@H]2O)[C@](C)(OC)C[C@@H](C)C(=O)[C@H](C)[C@H]2C(CNC(=O)CCC(=O)c3ccc(O)c(OC)c3)C(=O)O[C@@]21C. The molecule has 3 heterocycles. The van der Waals surface area contributed by atoms with E-state index in [-0.39, 0.29) is 73.0 Å². The predicted molar refractivity (Wildman–Crippen MR) is 217 cm³/mol. The Hall–Kier alpha value is -3.96. The zero-order valence-corrected chi connectivity index (χ0v) is 37.1. The van der Waals surface area contributed by atoms with E-state index in [9.17, 15) is 39.0 Å². The molecule has 336 valence electrons. The van der Waals surface area contributed by atoms with Crippen LogP contribution in [0.3, 0.4) is 0 Å². The molecule has 3 fully saturated rings. The Bertz CT molecular complexity index is 1750. The number of aromatic hydroxyl groups is 1. The van der Waals surface area contributed by atoms with E-state index in [0.717, 1.165) is 0 Å². The molecule has 0 saturated carbocycles. The van der Waals surface area contributed by atoms with Crippen molar-refractivity contribution in [2.75, 3.05) is 34.9 Å². The number of nitrogens with zero attached hydrogens (tertiary/aromatic N) is 1. The number of amides is 1. The molecule has 16 heteroatoms. The number of cyclic esters (lactones) is 1. The highest BCUT2D eigenvalue weighted by atomic mass is 16.7. The van der Waals surface area contributed by atoms with Crippen LogP contribution in [-0.4, -0.2) is 133 Å². The number of hydrogen-bond donors (Lipinski definition) is 3. The number of Topliss-reactive ketones (excluding diaryl/α,β-unsaturated/α-hetero) is 3. The zero-order valence-electron chi connectivity index (χ0n) is 37.1. The van der Waals surface area contributed by atoms with Crippen molar-refractivity contribution in [2.24, 2.45) is 35.5 Å². The summed E-state index contributed by atoms with van der Waals surface area (Å²) < 4.78 is 36.0. The number of ketones is 3. The van der Waals surface area contributed by atoms with Crippen LogP contribution in [0.15, 0.2) is 18.2 Å². The maximum Gasteiger partial charge on any atom is 0.316 e. The average molecular weight is 847 g/mol. The van der Waals surface area contributed by atoms with Gasteiger partial charge in [-0.05, 0) is 79.3 Å². The van der Waals surface area contributed by atoms with Crippen LogP contribution < -0.4 is 10.1 Å². The van der Waals surface area contributed by atoms with Crippen LogP contribution in [0.5, 0.6) is 11.5 Å². The van der Waals surface area contributed by atoms with Gasteiger partial charge < -0.3 is 48.9 Å². The molecule has 4 rings (SSSR count). The standard InChI is InChI=1S/C44H66N2O14/c1-13-33-44(8)35(28(41(54)60-44)21-45-34(49)17-16-30(47)27-14-15-31(48)32(19-27)55-11)24(4)36(50)22(2)20-43(7,56-12)39(25(5)37(51)26(6)40(53)58-33)59-42-38(52)29(46(9)10)18-23(3)57-42/h14-15,19,22-26,28-29,33,35,38-39,42,48,52H,13,16-18,20-21H2,1-12H3,(H,45,49)/t22-,23-,24-,25?,26-,28?,29+,33-,35+,38-,39-,42+,43-,44-/m1/s1. The molecule has 3 saturated heterocycles. The Morgan fingerprint density at radius 3 is 2.23 bits per heavy atom. The summed E-state index contributed by atoms with van der Waals surface area (Å²) in [5.41, 5.74) is -2.64. The number of aliphatic hydroxyl groups excluding tert-OH is 1. The molecule has 0 spiro atoms. The molecule has 0 aromatic heterocycles. The minimum absolute atomic E-state index is 0.0427. The highest BCUT2D eigenvalue weighted by Crippen LogP contribution is 2.48. The molecule has 0 bridgehead atoms. The van der Waals surface area contributed by atoms with Gasteiger partial charge in [0.2, 0.25) is 5.91 Å². The van der Waals surface area contributed by atoms with Gasteiger partial charge in [0.1, 0.15) is 23.9 Å². The Morgan fingerprint density at radius 2 is 1.63 bits per heavy atom. The number of carbonyl (C=O) groups excluding carboxylic acids is 6. The van der Waals surface area contributed by atoms with Crippen LogP contribution in [0.2, 0.25) is 0 Å². The van der Waals surface area contributed by atoms with Gasteiger partial charge in [0.25, 0.3) is 0 Å². The number of rotatable bonds is 12. The van der Waals surface area contributed by atoms with Crippen molar-refractivity contribution in [3.8, 4) is 11.5 Å². The minimum Gasteiger partial charge on any atom is -0.504 e. The van der Waals surface area contributed by atoms with Crippen molar-refractivity contribution >= 4 is 35.2 Å². The Labute approximate surface area is 353 Å². The molecule has 1 amide bonds. The Morgan fingerprint density at radius 1 is 0.967 bits per heavy atom. The molecule has 60 heavy (non-hydrogen) atoms. The number of likely N-dealkylation sites (N-methyl/N-ethyl adjacent to an activating group) is 1. The van der Waals surface area contributed by atoms with Gasteiger partial charge in [0.15, 0.2) is 35.0 Å². The smallest absolute Gasteiger partial charge is 0.316 e. The van der Waals surface area contributed by atoms with Gasteiger partial charge in [-0.15, -0.1) is 0 Å². The van der Waals surface area contributed by atoms with Crippen LogP contribution in [0.1, 0.15) is 97.9 Å². The quantitative estimate of drug-likeness (QED) is 0.156. The lowest BCUT2D eigenvalue weighted by Gasteiger charge is -2.47. The van der Waals surface area contributed by atoms with E-state index >= 15 is 0 Å². The van der Waals surface area contributed by atoms with E-state index in [4.69, 9.17) is 28.4 Å². The van der Waals surface area contributed by atoms with Gasteiger partial charge in [0.05, 0.1) is 30.8 Å². The Kier molecular flexibility index (Phi) is 16.1. The van der Waals surface area contributed by atoms with Gasteiger partial charge in [0, 0.05) is 61.8 Å². The van der Waals surface area contributed by atoms with Crippen molar-refractivity contribution in [1.82, 2.24) is 10.2 Å². The molecule has 1 aromatic carbocycles. The van der Waals surface area contributed by atoms with Gasteiger partial charge in [-0.1, -0.05) is 27.7 Å². The molecule has 1 aromatic rings. The summed E-state index contributed by atoms with van der Waals surface area (Å²) in [6.45, 7) is 13.2. The fraction of sp³-hybridized carbons (Fsp3) is 0.727. The minimum atomic E-state index is -1.54. The largest absolute Gasteiger partial charge is 0.504 e.